The molecule has 5 heteroatoms. The Bertz CT molecular complexity index is 380. The number of unbranched alkanes of at least 4 members (excludes halogenated alkanes) is 2. The summed E-state index contributed by atoms with van der Waals surface area (Å²) >= 11 is 0. The Morgan fingerprint density at radius 2 is 2.00 bits per heavy atom. The number of carbonyl (C=O) groups is 1. The molecule has 0 amide bonds. The highest BCUT2D eigenvalue weighted by Gasteiger charge is 2.07. The van der Waals surface area contributed by atoms with Gasteiger partial charge in [-0.3, -0.25) is 4.79 Å². The molecule has 0 aliphatic rings. The Balaban J connectivity index is 2.22. The number of carboxylic acids is 1. The van der Waals surface area contributed by atoms with Gasteiger partial charge >= 0.3 is 5.97 Å². The van der Waals surface area contributed by atoms with E-state index in [1.807, 2.05) is 0 Å². The predicted molar refractivity (Wildman–Crippen MR) is 58.0 cm³/mol. The molecule has 0 fully saturated rings. The maximum absolute atomic E-state index is 13.1. The first-order chi connectivity index (χ1) is 8.11. The third-order valence-corrected chi connectivity index (χ3v) is 2.21. The van der Waals surface area contributed by atoms with Gasteiger partial charge in [0.15, 0.2) is 11.6 Å². The van der Waals surface area contributed by atoms with Crippen LogP contribution in [-0.2, 0) is 4.79 Å². The van der Waals surface area contributed by atoms with E-state index in [1.165, 1.54) is 12.1 Å². The monoisotopic (exact) mass is 244 g/mol. The molecule has 0 aromatic heterocycles. The number of rotatable bonds is 7. The van der Waals surface area contributed by atoms with Crippen LogP contribution in [0.2, 0.25) is 0 Å². The van der Waals surface area contributed by atoms with Crippen molar-refractivity contribution in [2.75, 3.05) is 6.61 Å². The minimum atomic E-state index is -0.988. The Morgan fingerprint density at radius 3 is 2.71 bits per heavy atom. The summed E-state index contributed by atoms with van der Waals surface area (Å²) in [5.41, 5.74) is 0. The third-order valence-electron chi connectivity index (χ3n) is 2.21. The van der Waals surface area contributed by atoms with Crippen LogP contribution in [0.3, 0.4) is 0 Å². The van der Waals surface area contributed by atoms with E-state index in [9.17, 15) is 13.6 Å². The van der Waals surface area contributed by atoms with Gasteiger partial charge in [-0.2, -0.15) is 4.39 Å². The summed E-state index contributed by atoms with van der Waals surface area (Å²) in [6, 6.07) is 3.75. The fourth-order valence-electron chi connectivity index (χ4n) is 1.33. The third kappa shape index (κ3) is 4.80. The highest BCUT2D eigenvalue weighted by atomic mass is 19.2. The molecule has 0 saturated heterocycles. The molecule has 0 aliphatic carbocycles. The molecule has 1 aromatic rings. The minimum absolute atomic E-state index is 0.108. The second-order valence-corrected chi connectivity index (χ2v) is 3.60. The standard InChI is InChI=1S/C12H14F2O3/c13-9-5-4-6-10(12(9)14)17-8-3-1-2-7-11(15)16/h4-6H,1-3,7-8H2,(H,15,16). The van der Waals surface area contributed by atoms with E-state index < -0.39 is 17.6 Å². The number of ether oxygens (including phenoxy) is 1. The number of hydrogen-bond donors (Lipinski definition) is 1. The van der Waals surface area contributed by atoms with Gasteiger partial charge in [-0.05, 0) is 31.4 Å². The van der Waals surface area contributed by atoms with Gasteiger partial charge in [-0.15, -0.1) is 0 Å². The van der Waals surface area contributed by atoms with Crippen LogP contribution < -0.4 is 4.74 Å². The predicted octanol–water partition coefficient (Wildman–Crippen LogP) is 2.99. The van der Waals surface area contributed by atoms with Crippen molar-refractivity contribution in [2.24, 2.45) is 0 Å². The van der Waals surface area contributed by atoms with Crippen molar-refractivity contribution >= 4 is 5.97 Å². The van der Waals surface area contributed by atoms with Crippen molar-refractivity contribution in [1.29, 1.82) is 0 Å². The molecule has 1 aromatic carbocycles. The SMILES string of the molecule is O=C(O)CCCCCOc1cccc(F)c1F. The molecular formula is C12H14F2O3. The van der Waals surface area contributed by atoms with E-state index in [-0.39, 0.29) is 18.8 Å². The average Bonchev–Trinajstić information content (AvgIpc) is 2.28. The van der Waals surface area contributed by atoms with Crippen molar-refractivity contribution in [3.8, 4) is 5.75 Å². The van der Waals surface area contributed by atoms with E-state index in [1.54, 1.807) is 0 Å². The molecule has 0 spiro atoms. The molecule has 0 unspecified atom stereocenters. The molecule has 3 nitrogen and oxygen atoms in total. The molecule has 1 N–H and O–H groups in total. The van der Waals surface area contributed by atoms with E-state index in [4.69, 9.17) is 9.84 Å². The fraction of sp³-hybridized carbons (Fsp3) is 0.417. The maximum Gasteiger partial charge on any atom is 0.303 e. The lowest BCUT2D eigenvalue weighted by Gasteiger charge is -2.06. The summed E-state index contributed by atoms with van der Waals surface area (Å²) in [7, 11) is 0. The van der Waals surface area contributed by atoms with Crippen molar-refractivity contribution in [1.82, 2.24) is 0 Å². The number of aliphatic carboxylic acids is 1. The first kappa shape index (κ1) is 13.4. The quantitative estimate of drug-likeness (QED) is 0.750. The molecule has 0 aliphatic heterocycles. The zero-order chi connectivity index (χ0) is 12.7. The minimum Gasteiger partial charge on any atom is -0.490 e. The summed E-state index contributed by atoms with van der Waals surface area (Å²) < 4.78 is 30.9. The van der Waals surface area contributed by atoms with Crippen LogP contribution in [0.5, 0.6) is 5.75 Å². The van der Waals surface area contributed by atoms with Gasteiger partial charge in [0, 0.05) is 6.42 Å². The fourth-order valence-corrected chi connectivity index (χ4v) is 1.33. The number of hydrogen-bond acceptors (Lipinski definition) is 2. The van der Waals surface area contributed by atoms with Crippen molar-refractivity contribution in [2.45, 2.75) is 25.7 Å². The zero-order valence-electron chi connectivity index (χ0n) is 9.29. The average molecular weight is 244 g/mol. The van der Waals surface area contributed by atoms with Gasteiger partial charge in [-0.25, -0.2) is 4.39 Å². The van der Waals surface area contributed by atoms with Gasteiger partial charge < -0.3 is 9.84 Å². The Hall–Kier alpha value is -1.65. The normalized spacial score (nSPS) is 10.2. The van der Waals surface area contributed by atoms with Gasteiger partial charge in [0.25, 0.3) is 0 Å². The number of halogens is 2. The highest BCUT2D eigenvalue weighted by Crippen LogP contribution is 2.19. The summed E-state index contributed by atoms with van der Waals surface area (Å²) in [6.07, 6.45) is 1.98. The molecule has 94 valence electrons. The van der Waals surface area contributed by atoms with Gasteiger partial charge in [0.2, 0.25) is 5.82 Å². The Labute approximate surface area is 98.0 Å². The van der Waals surface area contributed by atoms with Gasteiger partial charge in [0.1, 0.15) is 0 Å². The Morgan fingerprint density at radius 1 is 1.24 bits per heavy atom. The van der Waals surface area contributed by atoms with Crippen LogP contribution in [0.1, 0.15) is 25.7 Å². The number of carboxylic acid groups (broad SMARTS) is 1. The van der Waals surface area contributed by atoms with Gasteiger partial charge in [-0.1, -0.05) is 6.07 Å². The van der Waals surface area contributed by atoms with Crippen LogP contribution in [0.25, 0.3) is 0 Å². The zero-order valence-corrected chi connectivity index (χ0v) is 9.29. The molecule has 0 bridgehead atoms. The van der Waals surface area contributed by atoms with E-state index >= 15 is 0 Å². The van der Waals surface area contributed by atoms with Crippen LogP contribution in [0.15, 0.2) is 18.2 Å². The first-order valence-electron chi connectivity index (χ1n) is 5.40. The summed E-state index contributed by atoms with van der Waals surface area (Å²) in [5, 5.41) is 8.39. The lowest BCUT2D eigenvalue weighted by molar-refractivity contribution is -0.137. The smallest absolute Gasteiger partial charge is 0.303 e. The van der Waals surface area contributed by atoms with Crippen LogP contribution in [0.4, 0.5) is 8.78 Å². The molecular weight excluding hydrogens is 230 g/mol. The number of benzene rings is 1. The van der Waals surface area contributed by atoms with Crippen molar-refractivity contribution in [3.63, 3.8) is 0 Å². The van der Waals surface area contributed by atoms with Crippen LogP contribution >= 0.6 is 0 Å². The van der Waals surface area contributed by atoms with E-state index in [0.29, 0.717) is 19.3 Å². The second kappa shape index (κ2) is 6.83. The second-order valence-electron chi connectivity index (χ2n) is 3.60. The van der Waals surface area contributed by atoms with Crippen molar-refractivity contribution < 1.29 is 23.4 Å². The Kier molecular flexibility index (Phi) is 5.39. The molecule has 0 atom stereocenters. The highest BCUT2D eigenvalue weighted by molar-refractivity contribution is 5.66. The lowest BCUT2D eigenvalue weighted by Crippen LogP contribution is -2.01. The maximum atomic E-state index is 13.1. The summed E-state index contributed by atoms with van der Waals surface area (Å²) in [4.78, 5) is 10.2. The molecule has 0 radical (unpaired) electrons. The topological polar surface area (TPSA) is 46.5 Å². The largest absolute Gasteiger partial charge is 0.490 e. The summed E-state index contributed by atoms with van der Waals surface area (Å²) in [6.45, 7) is 0.250. The summed E-state index contributed by atoms with van der Waals surface area (Å²) in [5.74, 6) is -2.86. The van der Waals surface area contributed by atoms with Crippen molar-refractivity contribution in [3.05, 3.63) is 29.8 Å². The van der Waals surface area contributed by atoms with E-state index in [2.05, 4.69) is 0 Å². The molecule has 0 saturated carbocycles. The van der Waals surface area contributed by atoms with E-state index in [0.717, 1.165) is 6.07 Å². The molecule has 0 heterocycles. The molecule has 17 heavy (non-hydrogen) atoms. The van der Waals surface area contributed by atoms with Crippen LogP contribution in [-0.4, -0.2) is 17.7 Å². The van der Waals surface area contributed by atoms with Crippen LogP contribution in [0, 0.1) is 11.6 Å². The molecule has 1 rings (SSSR count). The van der Waals surface area contributed by atoms with Gasteiger partial charge in [0.05, 0.1) is 6.61 Å². The lowest BCUT2D eigenvalue weighted by atomic mass is 10.2. The first-order valence-corrected chi connectivity index (χ1v) is 5.40.